The number of rotatable bonds is 4. The van der Waals surface area contributed by atoms with Gasteiger partial charge in [0.25, 0.3) is 0 Å². The maximum Gasteiger partial charge on any atom is 0.141 e. The summed E-state index contributed by atoms with van der Waals surface area (Å²) >= 11 is 0. The fraction of sp³-hybridized carbons (Fsp3) is 0.500. The molecule has 4 heteroatoms. The summed E-state index contributed by atoms with van der Waals surface area (Å²) in [7, 11) is 0. The maximum atomic E-state index is 7.31. The Morgan fingerprint density at radius 1 is 1.50 bits per heavy atom. The molecule has 0 radical (unpaired) electrons. The first-order valence-electron chi connectivity index (χ1n) is 5.66. The molecule has 86 valence electrons. The number of nitrogens with one attached hydrogen (secondary N) is 1. The van der Waals surface area contributed by atoms with E-state index in [-0.39, 0.29) is 5.84 Å². The average molecular weight is 219 g/mol. The maximum absolute atomic E-state index is 7.31. The van der Waals surface area contributed by atoms with Gasteiger partial charge in [-0.25, -0.2) is 0 Å². The number of hydrogen-bond acceptors (Lipinski definition) is 3. The van der Waals surface area contributed by atoms with E-state index in [0.29, 0.717) is 18.4 Å². The predicted octanol–water partition coefficient (Wildman–Crippen LogP) is 1.82. The lowest BCUT2D eigenvalue weighted by Gasteiger charge is -2.11. The van der Waals surface area contributed by atoms with Crippen LogP contribution in [0.4, 0.5) is 0 Å². The van der Waals surface area contributed by atoms with Crippen LogP contribution in [-0.4, -0.2) is 16.9 Å². The van der Waals surface area contributed by atoms with E-state index in [2.05, 4.69) is 4.98 Å². The Kier molecular flexibility index (Phi) is 3.51. The van der Waals surface area contributed by atoms with Gasteiger partial charge in [0.05, 0.1) is 12.7 Å². The van der Waals surface area contributed by atoms with Crippen LogP contribution in [0.1, 0.15) is 36.9 Å². The van der Waals surface area contributed by atoms with Crippen molar-refractivity contribution in [3.63, 3.8) is 0 Å². The molecule has 0 aromatic carbocycles. The van der Waals surface area contributed by atoms with Crippen LogP contribution in [0.3, 0.4) is 0 Å². The lowest BCUT2D eigenvalue weighted by molar-refractivity contribution is 0.0456. The summed E-state index contributed by atoms with van der Waals surface area (Å²) in [5.41, 5.74) is 6.94. The van der Waals surface area contributed by atoms with Gasteiger partial charge in [0, 0.05) is 6.20 Å². The SMILES string of the molecule is N=C(N)c1cc(COC2CCCC2)ccn1. The topological polar surface area (TPSA) is 72.0 Å². The number of ether oxygens (including phenoxy) is 1. The number of amidine groups is 1. The van der Waals surface area contributed by atoms with Crippen molar-refractivity contribution in [2.24, 2.45) is 5.73 Å². The van der Waals surface area contributed by atoms with Crippen LogP contribution >= 0.6 is 0 Å². The van der Waals surface area contributed by atoms with Crippen LogP contribution in [0, 0.1) is 5.41 Å². The molecule has 0 bridgehead atoms. The van der Waals surface area contributed by atoms with Crippen molar-refractivity contribution in [3.8, 4) is 0 Å². The molecule has 4 nitrogen and oxygen atoms in total. The normalized spacial score (nSPS) is 16.5. The zero-order valence-corrected chi connectivity index (χ0v) is 9.28. The molecule has 3 N–H and O–H groups in total. The minimum Gasteiger partial charge on any atom is -0.382 e. The van der Waals surface area contributed by atoms with Gasteiger partial charge in [0.1, 0.15) is 11.5 Å². The van der Waals surface area contributed by atoms with Crippen molar-refractivity contribution >= 4 is 5.84 Å². The van der Waals surface area contributed by atoms with Gasteiger partial charge in [-0.3, -0.25) is 10.4 Å². The summed E-state index contributed by atoms with van der Waals surface area (Å²) in [4.78, 5) is 4.01. The smallest absolute Gasteiger partial charge is 0.141 e. The third-order valence-electron chi connectivity index (χ3n) is 2.89. The molecule has 1 aliphatic carbocycles. The van der Waals surface area contributed by atoms with Crippen molar-refractivity contribution in [1.82, 2.24) is 4.98 Å². The number of hydrogen-bond donors (Lipinski definition) is 2. The standard InChI is InChI=1S/C12H17N3O/c13-12(14)11-7-9(5-6-15-11)8-16-10-3-1-2-4-10/h5-7,10H,1-4,8H2,(H3,13,14). The molecule has 2 rings (SSSR count). The fourth-order valence-corrected chi connectivity index (χ4v) is 1.98. The Balaban J connectivity index is 1.93. The van der Waals surface area contributed by atoms with Crippen LogP contribution in [0.25, 0.3) is 0 Å². The highest BCUT2D eigenvalue weighted by atomic mass is 16.5. The molecule has 0 atom stereocenters. The van der Waals surface area contributed by atoms with Crippen molar-refractivity contribution < 1.29 is 4.74 Å². The Bertz CT molecular complexity index is 372. The Labute approximate surface area is 95.3 Å². The highest BCUT2D eigenvalue weighted by molar-refractivity contribution is 5.93. The summed E-state index contributed by atoms with van der Waals surface area (Å²) in [6, 6.07) is 3.72. The average Bonchev–Trinajstić information content (AvgIpc) is 2.79. The molecule has 0 amide bonds. The molecule has 1 fully saturated rings. The van der Waals surface area contributed by atoms with E-state index < -0.39 is 0 Å². The molecular formula is C12H17N3O. The van der Waals surface area contributed by atoms with Crippen LogP contribution in [-0.2, 0) is 11.3 Å². The number of pyridine rings is 1. The van der Waals surface area contributed by atoms with Crippen LogP contribution in [0.2, 0.25) is 0 Å². The number of nitrogens with zero attached hydrogens (tertiary/aromatic N) is 1. The van der Waals surface area contributed by atoms with E-state index in [4.69, 9.17) is 15.9 Å². The minimum atomic E-state index is 0.00252. The molecular weight excluding hydrogens is 202 g/mol. The Morgan fingerprint density at radius 3 is 2.94 bits per heavy atom. The Hall–Kier alpha value is -1.42. The number of nitrogens with two attached hydrogens (primary N) is 1. The van der Waals surface area contributed by atoms with Gasteiger partial charge >= 0.3 is 0 Å². The van der Waals surface area contributed by atoms with Gasteiger partial charge in [-0.2, -0.15) is 0 Å². The molecule has 1 aromatic rings. The van der Waals surface area contributed by atoms with E-state index in [9.17, 15) is 0 Å². The van der Waals surface area contributed by atoms with E-state index >= 15 is 0 Å². The lowest BCUT2D eigenvalue weighted by atomic mass is 10.2. The first kappa shape index (κ1) is 11.1. The predicted molar refractivity (Wildman–Crippen MR) is 62.3 cm³/mol. The van der Waals surface area contributed by atoms with Crippen molar-refractivity contribution in [1.29, 1.82) is 5.41 Å². The molecule has 0 unspecified atom stereocenters. The third-order valence-corrected chi connectivity index (χ3v) is 2.89. The first-order chi connectivity index (χ1) is 7.75. The summed E-state index contributed by atoms with van der Waals surface area (Å²) < 4.78 is 5.78. The molecule has 1 aromatic heterocycles. The molecule has 1 heterocycles. The molecule has 0 spiro atoms. The third kappa shape index (κ3) is 2.79. The second kappa shape index (κ2) is 5.07. The van der Waals surface area contributed by atoms with Gasteiger partial charge < -0.3 is 10.5 Å². The molecule has 1 aliphatic rings. The van der Waals surface area contributed by atoms with E-state index in [1.807, 2.05) is 12.1 Å². The zero-order valence-electron chi connectivity index (χ0n) is 9.28. The zero-order chi connectivity index (χ0) is 11.4. The number of aromatic nitrogens is 1. The van der Waals surface area contributed by atoms with Crippen molar-refractivity contribution in [2.45, 2.75) is 38.4 Å². The van der Waals surface area contributed by atoms with E-state index in [1.54, 1.807) is 6.20 Å². The highest BCUT2D eigenvalue weighted by Crippen LogP contribution is 2.22. The van der Waals surface area contributed by atoms with Gasteiger partial charge in [-0.15, -0.1) is 0 Å². The molecule has 0 aliphatic heterocycles. The Morgan fingerprint density at radius 2 is 2.25 bits per heavy atom. The quantitative estimate of drug-likeness (QED) is 0.599. The molecule has 0 saturated heterocycles. The second-order valence-electron chi connectivity index (χ2n) is 4.18. The van der Waals surface area contributed by atoms with E-state index in [0.717, 1.165) is 5.56 Å². The molecule has 1 saturated carbocycles. The van der Waals surface area contributed by atoms with E-state index in [1.165, 1.54) is 25.7 Å². The highest BCUT2D eigenvalue weighted by Gasteiger charge is 2.15. The summed E-state index contributed by atoms with van der Waals surface area (Å²) in [6.07, 6.45) is 6.98. The number of nitrogen functional groups attached to an aromatic ring is 1. The first-order valence-corrected chi connectivity index (χ1v) is 5.66. The van der Waals surface area contributed by atoms with Gasteiger partial charge in [-0.1, -0.05) is 12.8 Å². The summed E-state index contributed by atoms with van der Waals surface area (Å²) in [5.74, 6) is 0.00252. The largest absolute Gasteiger partial charge is 0.382 e. The lowest BCUT2D eigenvalue weighted by Crippen LogP contribution is -2.14. The van der Waals surface area contributed by atoms with Gasteiger partial charge in [0.15, 0.2) is 0 Å². The van der Waals surface area contributed by atoms with Crippen LogP contribution < -0.4 is 5.73 Å². The monoisotopic (exact) mass is 219 g/mol. The van der Waals surface area contributed by atoms with Gasteiger partial charge in [-0.05, 0) is 30.5 Å². The molecule has 16 heavy (non-hydrogen) atoms. The summed E-state index contributed by atoms with van der Waals surface area (Å²) in [6.45, 7) is 0.591. The van der Waals surface area contributed by atoms with Gasteiger partial charge in [0.2, 0.25) is 0 Å². The minimum absolute atomic E-state index is 0.00252. The second-order valence-corrected chi connectivity index (χ2v) is 4.18. The fourth-order valence-electron chi connectivity index (χ4n) is 1.98. The van der Waals surface area contributed by atoms with Crippen LogP contribution in [0.5, 0.6) is 0 Å². The van der Waals surface area contributed by atoms with Crippen molar-refractivity contribution in [2.75, 3.05) is 0 Å². The summed E-state index contributed by atoms with van der Waals surface area (Å²) in [5, 5.41) is 7.31. The van der Waals surface area contributed by atoms with Crippen molar-refractivity contribution in [3.05, 3.63) is 29.6 Å². The van der Waals surface area contributed by atoms with Crippen LogP contribution in [0.15, 0.2) is 18.3 Å².